The molecule has 0 aromatic heterocycles. The number of fused-ring (bicyclic) bond motifs is 1. The Hall–Kier alpha value is -4.01. The average Bonchev–Trinajstić information content (AvgIpc) is 2.91. The third-order valence-electron chi connectivity index (χ3n) is 3.99. The summed E-state index contributed by atoms with van der Waals surface area (Å²) in [6.07, 6.45) is 0. The summed E-state index contributed by atoms with van der Waals surface area (Å²) < 4.78 is 4.77. The highest BCUT2D eigenvalue weighted by atomic mass is 16.5. The maximum Gasteiger partial charge on any atom is 0.338 e. The van der Waals surface area contributed by atoms with Crippen LogP contribution < -0.4 is 11.1 Å². The van der Waals surface area contributed by atoms with Gasteiger partial charge in [0.05, 0.1) is 23.2 Å². The van der Waals surface area contributed by atoms with Crippen LogP contribution in [0, 0.1) is 0 Å². The summed E-state index contributed by atoms with van der Waals surface area (Å²) >= 11 is 0. The van der Waals surface area contributed by atoms with E-state index in [4.69, 9.17) is 10.5 Å². The van der Waals surface area contributed by atoms with Gasteiger partial charge in [-0.3, -0.25) is 24.6 Å². The van der Waals surface area contributed by atoms with Gasteiger partial charge in [0, 0.05) is 0 Å². The van der Waals surface area contributed by atoms with Crippen LogP contribution in [-0.2, 0) is 16.1 Å². The molecule has 2 aromatic carbocycles. The molecule has 1 aliphatic rings. The fourth-order valence-electron chi connectivity index (χ4n) is 2.72. The van der Waals surface area contributed by atoms with Crippen molar-refractivity contribution in [2.45, 2.75) is 6.54 Å². The Balaban J connectivity index is 1.73. The molecule has 9 nitrogen and oxygen atoms in total. The summed E-state index contributed by atoms with van der Waals surface area (Å²) in [4.78, 5) is 60.1. The van der Waals surface area contributed by atoms with Crippen molar-refractivity contribution in [1.82, 2.24) is 10.2 Å². The molecule has 0 atom stereocenters. The quantitative estimate of drug-likeness (QED) is 0.582. The molecule has 5 amide bonds. The number of urea groups is 1. The number of carbonyl (C=O) groups is 5. The first-order valence-electron chi connectivity index (χ1n) is 8.17. The Bertz CT molecular complexity index is 986. The van der Waals surface area contributed by atoms with E-state index in [0.717, 1.165) is 10.5 Å². The number of esters is 1. The van der Waals surface area contributed by atoms with Gasteiger partial charge in [-0.2, -0.15) is 0 Å². The highest BCUT2D eigenvalue weighted by molar-refractivity contribution is 6.21. The first-order chi connectivity index (χ1) is 13.4. The van der Waals surface area contributed by atoms with Crippen LogP contribution in [0.1, 0.15) is 36.6 Å². The number of nitrogens with zero attached hydrogens (tertiary/aromatic N) is 1. The molecule has 3 rings (SSSR count). The van der Waals surface area contributed by atoms with Gasteiger partial charge in [0.2, 0.25) is 0 Å². The number of nitrogens with one attached hydrogen (secondary N) is 1. The van der Waals surface area contributed by atoms with Gasteiger partial charge in [0.15, 0.2) is 6.61 Å². The molecule has 0 saturated carbocycles. The van der Waals surface area contributed by atoms with Crippen LogP contribution in [0.3, 0.4) is 0 Å². The van der Waals surface area contributed by atoms with E-state index < -0.39 is 36.3 Å². The van der Waals surface area contributed by atoms with E-state index in [2.05, 4.69) is 0 Å². The zero-order chi connectivity index (χ0) is 20.3. The van der Waals surface area contributed by atoms with Crippen molar-refractivity contribution in [3.05, 3.63) is 70.8 Å². The molecule has 0 radical (unpaired) electrons. The van der Waals surface area contributed by atoms with Crippen LogP contribution in [0.4, 0.5) is 4.79 Å². The molecule has 0 bridgehead atoms. The fourth-order valence-corrected chi connectivity index (χ4v) is 2.72. The number of primary amides is 1. The standard InChI is InChI=1S/C19H15N3O6/c20-19(27)21-15(23)10-28-18(26)12-6-7-13-14(8-12)17(25)22(16(13)24)9-11-4-2-1-3-5-11/h1-8H,9-10H2,(H3,20,21,23,27). The van der Waals surface area contributed by atoms with E-state index in [9.17, 15) is 24.0 Å². The van der Waals surface area contributed by atoms with Gasteiger partial charge >= 0.3 is 12.0 Å². The predicted octanol–water partition coefficient (Wildman–Crippen LogP) is 0.834. The van der Waals surface area contributed by atoms with Crippen molar-refractivity contribution in [3.8, 4) is 0 Å². The monoisotopic (exact) mass is 381 g/mol. The molecule has 28 heavy (non-hydrogen) atoms. The Morgan fingerprint density at radius 1 is 0.964 bits per heavy atom. The third kappa shape index (κ3) is 3.88. The number of imide groups is 2. The van der Waals surface area contributed by atoms with E-state index in [-0.39, 0.29) is 23.2 Å². The molecule has 9 heteroatoms. The molecule has 0 aliphatic carbocycles. The van der Waals surface area contributed by atoms with Crippen LogP contribution in [0.5, 0.6) is 0 Å². The van der Waals surface area contributed by atoms with Gasteiger partial charge in [0.25, 0.3) is 17.7 Å². The second-order valence-corrected chi connectivity index (χ2v) is 5.93. The van der Waals surface area contributed by atoms with Crippen LogP contribution in [0.25, 0.3) is 0 Å². The summed E-state index contributed by atoms with van der Waals surface area (Å²) in [6, 6.07) is 11.9. The van der Waals surface area contributed by atoms with Crippen LogP contribution in [0.2, 0.25) is 0 Å². The lowest BCUT2D eigenvalue weighted by atomic mass is 10.1. The summed E-state index contributed by atoms with van der Waals surface area (Å²) in [5, 5.41) is 1.75. The maximum absolute atomic E-state index is 12.6. The number of hydrogen-bond donors (Lipinski definition) is 2. The molecule has 2 aromatic rings. The number of ether oxygens (including phenoxy) is 1. The van der Waals surface area contributed by atoms with Crippen LogP contribution in [-0.4, -0.2) is 41.2 Å². The third-order valence-corrected chi connectivity index (χ3v) is 3.99. The minimum atomic E-state index is -1.07. The lowest BCUT2D eigenvalue weighted by Crippen LogP contribution is -2.37. The minimum absolute atomic E-state index is 0.00617. The highest BCUT2D eigenvalue weighted by Gasteiger charge is 2.36. The lowest BCUT2D eigenvalue weighted by molar-refractivity contribution is -0.123. The highest BCUT2D eigenvalue weighted by Crippen LogP contribution is 2.26. The molecular weight excluding hydrogens is 366 g/mol. The number of hydrogen-bond acceptors (Lipinski definition) is 6. The Labute approximate surface area is 159 Å². The number of amides is 5. The van der Waals surface area contributed by atoms with Crippen molar-refractivity contribution in [3.63, 3.8) is 0 Å². The van der Waals surface area contributed by atoms with E-state index in [1.165, 1.54) is 18.2 Å². The molecule has 1 heterocycles. The molecule has 0 spiro atoms. The summed E-state index contributed by atoms with van der Waals surface area (Å²) in [7, 11) is 0. The average molecular weight is 381 g/mol. The zero-order valence-corrected chi connectivity index (χ0v) is 14.5. The molecule has 3 N–H and O–H groups in total. The molecule has 0 fully saturated rings. The van der Waals surface area contributed by atoms with Crippen LogP contribution >= 0.6 is 0 Å². The zero-order valence-electron chi connectivity index (χ0n) is 14.5. The molecule has 1 aliphatic heterocycles. The minimum Gasteiger partial charge on any atom is -0.452 e. The van der Waals surface area contributed by atoms with Gasteiger partial charge in [-0.25, -0.2) is 9.59 Å². The second kappa shape index (κ2) is 7.70. The SMILES string of the molecule is NC(=O)NC(=O)COC(=O)c1ccc2c(c1)C(=O)N(Cc1ccccc1)C2=O. The lowest BCUT2D eigenvalue weighted by Gasteiger charge is -2.13. The second-order valence-electron chi connectivity index (χ2n) is 5.93. The first-order valence-corrected chi connectivity index (χ1v) is 8.17. The molecular formula is C19H15N3O6. The Morgan fingerprint density at radius 2 is 1.64 bits per heavy atom. The van der Waals surface area contributed by atoms with E-state index in [1.54, 1.807) is 29.6 Å². The largest absolute Gasteiger partial charge is 0.452 e. The number of carbonyl (C=O) groups excluding carboxylic acids is 5. The van der Waals surface area contributed by atoms with Gasteiger partial charge in [-0.05, 0) is 23.8 Å². The molecule has 0 saturated heterocycles. The van der Waals surface area contributed by atoms with Crippen molar-refractivity contribution in [1.29, 1.82) is 0 Å². The molecule has 0 unspecified atom stereocenters. The predicted molar refractivity (Wildman–Crippen MR) is 95.1 cm³/mol. The van der Waals surface area contributed by atoms with E-state index in [1.807, 2.05) is 6.07 Å². The topological polar surface area (TPSA) is 136 Å². The van der Waals surface area contributed by atoms with Gasteiger partial charge in [-0.15, -0.1) is 0 Å². The van der Waals surface area contributed by atoms with E-state index in [0.29, 0.717) is 0 Å². The van der Waals surface area contributed by atoms with Gasteiger partial charge < -0.3 is 10.5 Å². The Morgan fingerprint density at radius 3 is 2.32 bits per heavy atom. The van der Waals surface area contributed by atoms with Gasteiger partial charge in [-0.1, -0.05) is 30.3 Å². The van der Waals surface area contributed by atoms with Crippen molar-refractivity contribution >= 4 is 29.7 Å². The fraction of sp³-hybridized carbons (Fsp3) is 0.105. The normalized spacial score (nSPS) is 12.5. The number of benzene rings is 2. The maximum atomic E-state index is 12.6. The van der Waals surface area contributed by atoms with Crippen LogP contribution in [0.15, 0.2) is 48.5 Å². The summed E-state index contributed by atoms with van der Waals surface area (Å²) in [6.45, 7) is -0.605. The smallest absolute Gasteiger partial charge is 0.338 e. The summed E-state index contributed by atoms with van der Waals surface area (Å²) in [5.74, 6) is -2.75. The molecule has 142 valence electrons. The van der Waals surface area contributed by atoms with Crippen molar-refractivity contribution < 1.29 is 28.7 Å². The number of rotatable bonds is 5. The van der Waals surface area contributed by atoms with Crippen molar-refractivity contribution in [2.24, 2.45) is 5.73 Å². The van der Waals surface area contributed by atoms with Crippen molar-refractivity contribution in [2.75, 3.05) is 6.61 Å². The summed E-state index contributed by atoms with van der Waals surface area (Å²) in [5.41, 5.74) is 5.83. The Kier molecular flexibility index (Phi) is 5.16. The number of nitrogens with two attached hydrogens (primary N) is 1. The first kappa shape index (κ1) is 18.8. The van der Waals surface area contributed by atoms with E-state index >= 15 is 0 Å². The van der Waals surface area contributed by atoms with Gasteiger partial charge in [0.1, 0.15) is 0 Å².